The number of esters is 1. The maximum absolute atomic E-state index is 12.4. The van der Waals surface area contributed by atoms with Gasteiger partial charge in [-0.05, 0) is 34.7 Å². The van der Waals surface area contributed by atoms with Crippen LogP contribution in [0.2, 0.25) is 0 Å². The van der Waals surface area contributed by atoms with E-state index >= 15 is 0 Å². The molecule has 2 amide bonds. The van der Waals surface area contributed by atoms with Gasteiger partial charge in [0.05, 0.1) is 25.4 Å². The van der Waals surface area contributed by atoms with Gasteiger partial charge < -0.3 is 34.4 Å². The molecule has 0 radical (unpaired) electrons. The van der Waals surface area contributed by atoms with Gasteiger partial charge in [0, 0.05) is 34.9 Å². The summed E-state index contributed by atoms with van der Waals surface area (Å²) in [6.07, 6.45) is -1.18. The van der Waals surface area contributed by atoms with Gasteiger partial charge in [-0.1, -0.05) is 152 Å². The van der Waals surface area contributed by atoms with E-state index < -0.39 is 18.3 Å². The Morgan fingerprint density at radius 2 is 1.44 bits per heavy atom. The lowest BCUT2D eigenvalue weighted by Gasteiger charge is -2.41. The highest BCUT2D eigenvalue weighted by Crippen LogP contribution is 2.44. The Hall–Kier alpha value is -5.72. The van der Waals surface area contributed by atoms with Crippen LogP contribution in [0.15, 0.2) is 143 Å². The quantitative estimate of drug-likeness (QED) is 0.0731. The third kappa shape index (κ3) is 9.81. The summed E-state index contributed by atoms with van der Waals surface area (Å²) in [5.41, 5.74) is 8.25. The summed E-state index contributed by atoms with van der Waals surface area (Å²) in [4.78, 5) is 29.0. The first-order chi connectivity index (χ1) is 27.9. The van der Waals surface area contributed by atoms with E-state index in [1.54, 1.807) is 6.92 Å². The number of oxazole rings is 1. The minimum atomic E-state index is -0.660. The highest BCUT2D eigenvalue weighted by Gasteiger charge is 2.39. The summed E-state index contributed by atoms with van der Waals surface area (Å²) >= 11 is 1.52. The summed E-state index contributed by atoms with van der Waals surface area (Å²) in [5, 5.41) is 15.6. The van der Waals surface area contributed by atoms with Crippen molar-refractivity contribution in [3.8, 4) is 33.7 Å². The number of aliphatic hydroxyl groups excluding tert-OH is 1. The van der Waals surface area contributed by atoms with Crippen LogP contribution in [0.3, 0.4) is 0 Å². The lowest BCUT2D eigenvalue weighted by molar-refractivity contribution is -0.268. The van der Waals surface area contributed by atoms with Crippen LogP contribution in [0.5, 0.6) is 0 Å². The van der Waals surface area contributed by atoms with Crippen molar-refractivity contribution >= 4 is 23.8 Å². The average Bonchev–Trinajstić information content (AvgIpc) is 3.70. The molecule has 3 N–H and O–H groups in total. The van der Waals surface area contributed by atoms with Gasteiger partial charge in [-0.2, -0.15) is 0 Å². The third-order valence-corrected chi connectivity index (χ3v) is 10.8. The number of amides is 2. The Labute approximate surface area is 336 Å². The van der Waals surface area contributed by atoms with Crippen molar-refractivity contribution in [2.45, 2.75) is 50.7 Å². The van der Waals surface area contributed by atoms with E-state index in [0.29, 0.717) is 11.0 Å². The van der Waals surface area contributed by atoms with Crippen molar-refractivity contribution in [3.05, 3.63) is 156 Å². The molecular weight excluding hydrogens is 739 g/mol. The molecule has 0 spiro atoms. The predicted octanol–water partition coefficient (Wildman–Crippen LogP) is 9.11. The summed E-state index contributed by atoms with van der Waals surface area (Å²) in [7, 11) is 0. The number of rotatable bonds is 14. The van der Waals surface area contributed by atoms with Gasteiger partial charge in [-0.25, -0.2) is 9.78 Å². The second kappa shape index (κ2) is 18.9. The first-order valence-corrected chi connectivity index (χ1v) is 20.0. The van der Waals surface area contributed by atoms with E-state index in [2.05, 4.69) is 17.6 Å². The molecule has 4 atom stereocenters. The SMILES string of the molecule is CCOC(=O)CNC(=O)NCc1ccccc1-c1ccc([C@@H]2O[C@H](CSc3nc(-c4ccccc4)c(-c4ccccc4)o3)[C@H](C)[C@H](c3ccc(CO)cc3)O2)cc1. The summed E-state index contributed by atoms with van der Waals surface area (Å²) in [6, 6.07) is 43.4. The van der Waals surface area contributed by atoms with Crippen molar-refractivity contribution in [1.82, 2.24) is 15.6 Å². The second-order valence-corrected chi connectivity index (χ2v) is 14.6. The monoisotopic (exact) mass is 783 g/mol. The molecule has 1 fully saturated rings. The van der Waals surface area contributed by atoms with Crippen molar-refractivity contribution < 1.29 is 33.3 Å². The Kier molecular flexibility index (Phi) is 13.1. The topological polar surface area (TPSA) is 132 Å². The number of carbonyl (C=O) groups is 2. The first kappa shape index (κ1) is 39.5. The number of aromatic nitrogens is 1. The van der Waals surface area contributed by atoms with Crippen LogP contribution in [0.25, 0.3) is 33.7 Å². The zero-order valence-electron chi connectivity index (χ0n) is 31.8. The minimum Gasteiger partial charge on any atom is -0.465 e. The van der Waals surface area contributed by atoms with Gasteiger partial charge in [0.15, 0.2) is 12.1 Å². The van der Waals surface area contributed by atoms with E-state index in [9.17, 15) is 14.7 Å². The molecule has 0 unspecified atom stereocenters. The fraction of sp³-hybridized carbons (Fsp3) is 0.239. The molecule has 0 aliphatic carbocycles. The van der Waals surface area contributed by atoms with Gasteiger partial charge in [-0.15, -0.1) is 0 Å². The average molecular weight is 784 g/mol. The molecule has 0 bridgehead atoms. The van der Waals surface area contributed by atoms with E-state index in [0.717, 1.165) is 56.0 Å². The molecule has 2 heterocycles. The fourth-order valence-corrected chi connectivity index (χ4v) is 7.77. The number of carbonyl (C=O) groups excluding carboxylic acids is 2. The van der Waals surface area contributed by atoms with Crippen LogP contribution in [-0.2, 0) is 32.2 Å². The van der Waals surface area contributed by atoms with Gasteiger partial charge in [-0.3, -0.25) is 4.79 Å². The number of aliphatic hydroxyl groups is 1. The van der Waals surface area contributed by atoms with Crippen LogP contribution in [0.1, 0.15) is 48.5 Å². The van der Waals surface area contributed by atoms with E-state index in [1.165, 1.54) is 11.8 Å². The number of nitrogens with one attached hydrogen (secondary N) is 2. The number of hydrogen-bond acceptors (Lipinski definition) is 9. The Morgan fingerprint density at radius 1 is 0.772 bits per heavy atom. The molecule has 11 heteroatoms. The van der Waals surface area contributed by atoms with Crippen molar-refractivity contribution in [3.63, 3.8) is 0 Å². The molecule has 57 heavy (non-hydrogen) atoms. The van der Waals surface area contributed by atoms with Gasteiger partial charge >= 0.3 is 12.0 Å². The molecule has 0 saturated carbocycles. The van der Waals surface area contributed by atoms with Gasteiger partial charge in [0.1, 0.15) is 12.2 Å². The normalized spacial score (nSPS) is 17.8. The van der Waals surface area contributed by atoms with E-state index in [1.807, 2.05) is 133 Å². The maximum Gasteiger partial charge on any atom is 0.325 e. The van der Waals surface area contributed by atoms with Crippen LogP contribution in [0.4, 0.5) is 4.79 Å². The molecule has 1 saturated heterocycles. The number of nitrogens with zero attached hydrogens (tertiary/aromatic N) is 1. The molecule has 7 rings (SSSR count). The molecule has 1 aliphatic rings. The maximum atomic E-state index is 12.4. The van der Waals surface area contributed by atoms with Crippen molar-refractivity contribution in [2.75, 3.05) is 18.9 Å². The number of ether oxygens (including phenoxy) is 3. The van der Waals surface area contributed by atoms with Crippen molar-refractivity contribution in [2.24, 2.45) is 5.92 Å². The summed E-state index contributed by atoms with van der Waals surface area (Å²) < 4.78 is 24.8. The van der Waals surface area contributed by atoms with E-state index in [-0.39, 0.29) is 44.4 Å². The smallest absolute Gasteiger partial charge is 0.325 e. The molecule has 5 aromatic carbocycles. The van der Waals surface area contributed by atoms with Crippen LogP contribution >= 0.6 is 11.8 Å². The summed E-state index contributed by atoms with van der Waals surface area (Å²) in [5.74, 6) is 0.772. The Bertz CT molecular complexity index is 2170. The molecular formula is C46H45N3O7S. The number of urea groups is 1. The van der Waals surface area contributed by atoms with Crippen LogP contribution in [0, 0.1) is 5.92 Å². The number of hydrogen-bond donors (Lipinski definition) is 3. The van der Waals surface area contributed by atoms with Crippen LogP contribution in [-0.4, -0.2) is 47.1 Å². The predicted molar refractivity (Wildman–Crippen MR) is 220 cm³/mol. The largest absolute Gasteiger partial charge is 0.465 e. The highest BCUT2D eigenvalue weighted by molar-refractivity contribution is 7.99. The molecule has 292 valence electrons. The lowest BCUT2D eigenvalue weighted by atomic mass is 9.91. The van der Waals surface area contributed by atoms with E-state index in [4.69, 9.17) is 23.6 Å². The van der Waals surface area contributed by atoms with Crippen molar-refractivity contribution in [1.29, 1.82) is 0 Å². The zero-order valence-corrected chi connectivity index (χ0v) is 32.6. The third-order valence-electron chi connectivity index (χ3n) is 9.83. The summed E-state index contributed by atoms with van der Waals surface area (Å²) in [6.45, 7) is 4.13. The van der Waals surface area contributed by atoms with Gasteiger partial charge in [0.25, 0.3) is 5.22 Å². The zero-order chi connectivity index (χ0) is 39.6. The first-order valence-electron chi connectivity index (χ1n) is 19.0. The highest BCUT2D eigenvalue weighted by atomic mass is 32.2. The standard InChI is InChI=1S/C46H45N3O7S/c1-3-53-40(51)27-48-45(52)47-26-37-16-10-11-17-38(37)32-22-24-36(25-23-32)44-54-39(30(2)42(55-44)35-20-18-31(28-50)19-21-35)29-57-46-49-41(33-12-6-4-7-13-33)43(56-46)34-14-8-5-9-15-34/h4-25,30,39,42,44,50H,3,26-29H2,1-2H3,(H2,47,48,52)/t30-,39+,42+,44+/m0/s1. The van der Waals surface area contributed by atoms with Crippen LogP contribution < -0.4 is 10.6 Å². The Morgan fingerprint density at radius 3 is 2.14 bits per heavy atom. The molecule has 10 nitrogen and oxygen atoms in total. The number of thioether (sulfide) groups is 1. The Balaban J connectivity index is 1.10. The fourth-order valence-electron chi connectivity index (χ4n) is 6.78. The second-order valence-electron chi connectivity index (χ2n) is 13.6. The molecule has 1 aliphatic heterocycles. The molecule has 1 aromatic heterocycles. The lowest BCUT2D eigenvalue weighted by Crippen LogP contribution is -2.38. The minimum absolute atomic E-state index is 0.0287. The van der Waals surface area contributed by atoms with Gasteiger partial charge in [0.2, 0.25) is 0 Å². The number of benzene rings is 5. The molecule has 6 aromatic rings.